The van der Waals surface area contributed by atoms with Gasteiger partial charge in [-0.25, -0.2) is 0 Å². The molecule has 1 heterocycles. The molecule has 5 nitrogen and oxygen atoms in total. The molecule has 0 spiro atoms. The predicted molar refractivity (Wildman–Crippen MR) is 155 cm³/mol. The normalized spacial score (nSPS) is 14.9. The van der Waals surface area contributed by atoms with Gasteiger partial charge in [0.05, 0.1) is 17.2 Å². The van der Waals surface area contributed by atoms with E-state index in [0.29, 0.717) is 11.3 Å². The summed E-state index contributed by atoms with van der Waals surface area (Å²) >= 11 is 0. The molecule has 0 aliphatic carbocycles. The molecular formula is C32H43N3O2. The molecule has 1 fully saturated rings. The fourth-order valence-corrected chi connectivity index (χ4v) is 4.01. The van der Waals surface area contributed by atoms with Crippen molar-refractivity contribution in [3.8, 4) is 17.2 Å². The van der Waals surface area contributed by atoms with E-state index in [2.05, 4.69) is 54.2 Å². The number of piperidine rings is 1. The lowest BCUT2D eigenvalue weighted by Gasteiger charge is -2.41. The van der Waals surface area contributed by atoms with Crippen LogP contribution in [0.25, 0.3) is 11.1 Å². The molecule has 0 bridgehead atoms. The standard InChI is InChI=1S/C28H31N3O2.2C2H6/c1-4-6-10-26(5-2)30-27(32)21-33-28(15-17-31(3)18-16-28)25-13-11-23(12-14-25)24-9-7-8-22(19-24)20-29;2*1-2/h4-14,19H,1,15-18,21H2,2-3H3,(H,30,32);2*1-2H3/b10-6-,26-5+;;. The lowest BCUT2D eigenvalue weighted by molar-refractivity contribution is -0.138. The highest BCUT2D eigenvalue weighted by Gasteiger charge is 2.37. The van der Waals surface area contributed by atoms with Crippen LogP contribution in [0.3, 0.4) is 0 Å². The van der Waals surface area contributed by atoms with E-state index in [4.69, 9.17) is 4.74 Å². The third-order valence-electron chi connectivity index (χ3n) is 6.02. The lowest BCUT2D eigenvalue weighted by atomic mass is 9.83. The Balaban J connectivity index is 0.00000163. The molecule has 3 rings (SSSR count). The Morgan fingerprint density at radius 3 is 2.32 bits per heavy atom. The highest BCUT2D eigenvalue weighted by molar-refractivity contribution is 5.79. The highest BCUT2D eigenvalue weighted by Crippen LogP contribution is 2.37. The van der Waals surface area contributed by atoms with Gasteiger partial charge in [-0.3, -0.25) is 4.79 Å². The first-order valence-corrected chi connectivity index (χ1v) is 13.2. The highest BCUT2D eigenvalue weighted by atomic mass is 16.5. The number of hydrogen-bond donors (Lipinski definition) is 1. The predicted octanol–water partition coefficient (Wildman–Crippen LogP) is 6.98. The number of carbonyl (C=O) groups excluding carboxylic acids is 1. The van der Waals surface area contributed by atoms with E-state index in [1.54, 1.807) is 24.3 Å². The van der Waals surface area contributed by atoms with E-state index in [-0.39, 0.29) is 12.5 Å². The van der Waals surface area contributed by atoms with Crippen LogP contribution in [-0.4, -0.2) is 37.6 Å². The molecule has 0 saturated carbocycles. The van der Waals surface area contributed by atoms with Gasteiger partial charge in [-0.05, 0) is 61.7 Å². The second-order valence-electron chi connectivity index (χ2n) is 8.24. The van der Waals surface area contributed by atoms with Crippen LogP contribution >= 0.6 is 0 Å². The second kappa shape index (κ2) is 17.1. The van der Waals surface area contributed by atoms with Gasteiger partial charge in [0, 0.05) is 18.8 Å². The quantitative estimate of drug-likeness (QED) is 0.396. The van der Waals surface area contributed by atoms with Crippen LogP contribution in [0, 0.1) is 11.3 Å². The monoisotopic (exact) mass is 501 g/mol. The average Bonchev–Trinajstić information content (AvgIpc) is 2.97. The SMILES string of the molecule is C=C/C=C\C(=C/C)NC(=O)COC1(c2ccc(-c3cccc(C#N)c3)cc2)CCN(C)CC1.CC.CC. The first-order valence-electron chi connectivity index (χ1n) is 13.2. The van der Waals surface area contributed by atoms with Crippen molar-refractivity contribution in [2.24, 2.45) is 0 Å². The summed E-state index contributed by atoms with van der Waals surface area (Å²) in [6.07, 6.45) is 8.71. The molecule has 1 amide bonds. The van der Waals surface area contributed by atoms with Crippen LogP contribution < -0.4 is 5.32 Å². The van der Waals surface area contributed by atoms with Gasteiger partial charge >= 0.3 is 0 Å². The number of carbonyl (C=O) groups is 1. The summed E-state index contributed by atoms with van der Waals surface area (Å²) in [7, 11) is 2.10. The Bertz CT molecular complexity index is 1070. The zero-order valence-corrected chi connectivity index (χ0v) is 23.4. The van der Waals surface area contributed by atoms with E-state index in [1.165, 1.54) is 0 Å². The molecule has 0 atom stereocenters. The number of nitriles is 1. The smallest absolute Gasteiger partial charge is 0.250 e. The zero-order chi connectivity index (χ0) is 27.7. The summed E-state index contributed by atoms with van der Waals surface area (Å²) < 4.78 is 6.35. The number of allylic oxidation sites excluding steroid dienone is 4. The molecule has 37 heavy (non-hydrogen) atoms. The van der Waals surface area contributed by atoms with E-state index in [9.17, 15) is 10.1 Å². The Kier molecular flexibility index (Phi) is 14.6. The average molecular weight is 502 g/mol. The molecule has 0 radical (unpaired) electrons. The van der Waals surface area contributed by atoms with Gasteiger partial charge in [0.2, 0.25) is 5.91 Å². The minimum atomic E-state index is -0.510. The van der Waals surface area contributed by atoms with Crippen molar-refractivity contribution in [3.05, 3.63) is 96.2 Å². The Labute approximate surface area is 224 Å². The van der Waals surface area contributed by atoms with Gasteiger partial charge in [0.1, 0.15) is 6.61 Å². The van der Waals surface area contributed by atoms with Crippen molar-refractivity contribution in [1.82, 2.24) is 10.2 Å². The maximum absolute atomic E-state index is 12.6. The van der Waals surface area contributed by atoms with Gasteiger partial charge in [-0.15, -0.1) is 0 Å². The first kappa shape index (κ1) is 31.6. The van der Waals surface area contributed by atoms with Gasteiger partial charge in [-0.2, -0.15) is 5.26 Å². The van der Waals surface area contributed by atoms with Crippen LogP contribution in [0.5, 0.6) is 0 Å². The third kappa shape index (κ3) is 9.49. The molecule has 0 unspecified atom stereocenters. The first-order chi connectivity index (χ1) is 18.0. The molecule has 2 aromatic rings. The fourth-order valence-electron chi connectivity index (χ4n) is 4.01. The summed E-state index contributed by atoms with van der Waals surface area (Å²) in [4.78, 5) is 14.9. The topological polar surface area (TPSA) is 65.4 Å². The van der Waals surface area contributed by atoms with E-state index < -0.39 is 5.60 Å². The van der Waals surface area contributed by atoms with Crippen molar-refractivity contribution in [1.29, 1.82) is 5.26 Å². The number of ether oxygens (including phenoxy) is 1. The molecule has 5 heteroatoms. The van der Waals surface area contributed by atoms with Crippen molar-refractivity contribution >= 4 is 5.91 Å². The maximum Gasteiger partial charge on any atom is 0.250 e. The van der Waals surface area contributed by atoms with Crippen LogP contribution in [-0.2, 0) is 15.1 Å². The number of amides is 1. The molecule has 2 aromatic carbocycles. The summed E-state index contributed by atoms with van der Waals surface area (Å²) in [5, 5.41) is 12.1. The minimum absolute atomic E-state index is 0.0189. The third-order valence-corrected chi connectivity index (χ3v) is 6.02. The second-order valence-corrected chi connectivity index (χ2v) is 8.24. The molecule has 198 valence electrons. The van der Waals surface area contributed by atoms with Gasteiger partial charge in [-0.1, -0.05) is 88.9 Å². The molecule has 1 aliphatic heterocycles. The largest absolute Gasteiger partial charge is 0.360 e. The van der Waals surface area contributed by atoms with E-state index in [1.807, 2.05) is 58.9 Å². The van der Waals surface area contributed by atoms with Crippen molar-refractivity contribution in [2.75, 3.05) is 26.7 Å². The van der Waals surface area contributed by atoms with Gasteiger partial charge in [0.25, 0.3) is 0 Å². The number of nitrogens with zero attached hydrogens (tertiary/aromatic N) is 2. The number of nitrogens with one attached hydrogen (secondary N) is 1. The van der Waals surface area contributed by atoms with Crippen molar-refractivity contribution < 1.29 is 9.53 Å². The maximum atomic E-state index is 12.6. The Hall–Kier alpha value is -3.46. The summed E-state index contributed by atoms with van der Waals surface area (Å²) in [6, 6.07) is 18.1. The summed E-state index contributed by atoms with van der Waals surface area (Å²) in [5.41, 5.74) is 3.96. The van der Waals surface area contributed by atoms with E-state index >= 15 is 0 Å². The van der Waals surface area contributed by atoms with Gasteiger partial charge < -0.3 is 15.0 Å². The van der Waals surface area contributed by atoms with E-state index in [0.717, 1.165) is 42.6 Å². The Morgan fingerprint density at radius 2 is 1.76 bits per heavy atom. The number of rotatable bonds is 8. The minimum Gasteiger partial charge on any atom is -0.360 e. The molecular weight excluding hydrogens is 458 g/mol. The van der Waals surface area contributed by atoms with Crippen LogP contribution in [0.1, 0.15) is 58.6 Å². The fraction of sp³-hybridized carbons (Fsp3) is 0.375. The molecule has 1 saturated heterocycles. The lowest BCUT2D eigenvalue weighted by Crippen LogP contribution is -2.44. The molecule has 1 N–H and O–H groups in total. The number of benzene rings is 2. The Morgan fingerprint density at radius 1 is 1.11 bits per heavy atom. The van der Waals surface area contributed by atoms with Gasteiger partial charge in [0.15, 0.2) is 0 Å². The number of hydrogen-bond acceptors (Lipinski definition) is 4. The van der Waals surface area contributed by atoms with Crippen molar-refractivity contribution in [3.63, 3.8) is 0 Å². The molecule has 0 aromatic heterocycles. The van der Waals surface area contributed by atoms with Crippen LogP contribution in [0.4, 0.5) is 0 Å². The molecule has 1 aliphatic rings. The summed E-state index contributed by atoms with van der Waals surface area (Å²) in [6.45, 7) is 15.3. The zero-order valence-electron chi connectivity index (χ0n) is 23.4. The summed E-state index contributed by atoms with van der Waals surface area (Å²) in [5.74, 6) is -0.181. The number of likely N-dealkylation sites (tertiary alicyclic amines) is 1. The van der Waals surface area contributed by atoms with Crippen LogP contribution in [0.2, 0.25) is 0 Å². The van der Waals surface area contributed by atoms with Crippen LogP contribution in [0.15, 0.2) is 85.1 Å². The van der Waals surface area contributed by atoms with Crippen molar-refractivity contribution in [2.45, 2.75) is 53.1 Å².